The van der Waals surface area contributed by atoms with E-state index in [4.69, 9.17) is 5.21 Å². The number of aromatic nitrogens is 1. The molecule has 72 valence electrons. The van der Waals surface area contributed by atoms with E-state index in [0.29, 0.717) is 11.4 Å². The van der Waals surface area contributed by atoms with E-state index in [2.05, 4.69) is 18.1 Å². The first-order valence-electron chi connectivity index (χ1n) is 4.21. The monoisotopic (exact) mass is 189 g/mol. The third-order valence-electron chi connectivity index (χ3n) is 1.77. The summed E-state index contributed by atoms with van der Waals surface area (Å²) in [7, 11) is 0. The van der Waals surface area contributed by atoms with Crippen LogP contribution >= 0.6 is 0 Å². The predicted octanol–water partition coefficient (Wildman–Crippen LogP) is 1.42. The van der Waals surface area contributed by atoms with Crippen molar-refractivity contribution >= 4 is 11.3 Å². The van der Waals surface area contributed by atoms with Crippen LogP contribution in [-0.4, -0.2) is 10.2 Å². The van der Waals surface area contributed by atoms with E-state index >= 15 is 0 Å². The van der Waals surface area contributed by atoms with Gasteiger partial charge >= 0.3 is 0 Å². The number of nitrogens with two attached hydrogens (primary N) is 1. The molecular weight excluding hydrogens is 176 g/mol. The number of rotatable bonds is 4. The normalized spacial score (nSPS) is 11.1. The molecule has 3 nitrogen and oxygen atoms in total. The van der Waals surface area contributed by atoms with Gasteiger partial charge in [0.25, 0.3) is 0 Å². The maximum absolute atomic E-state index is 8.98. The second kappa shape index (κ2) is 5.11. The summed E-state index contributed by atoms with van der Waals surface area (Å²) < 4.78 is 0. The van der Waals surface area contributed by atoms with Gasteiger partial charge in [-0.2, -0.15) is 5.48 Å². The Morgan fingerprint density at radius 2 is 2.29 bits per heavy atom. The highest BCUT2D eigenvalue weighted by Gasteiger charge is 2.08. The molecule has 0 aliphatic carbocycles. The Morgan fingerprint density at radius 1 is 1.50 bits per heavy atom. The number of pyridine rings is 1. The van der Waals surface area contributed by atoms with Gasteiger partial charge in [-0.3, -0.25) is 0 Å². The molecule has 0 radical (unpaired) electrons. The summed E-state index contributed by atoms with van der Waals surface area (Å²) in [6, 6.07) is 3.54. The van der Waals surface area contributed by atoms with Crippen molar-refractivity contribution in [3.63, 3.8) is 0 Å². The third kappa shape index (κ3) is 2.16. The molecule has 0 aliphatic heterocycles. The minimum atomic E-state index is 0.667. The van der Waals surface area contributed by atoms with Crippen LogP contribution in [0.5, 0.6) is 0 Å². The van der Waals surface area contributed by atoms with Crippen LogP contribution in [0, 0.1) is 0 Å². The molecule has 0 amide bonds. The topological polar surface area (TPSA) is 49.7 Å². The lowest BCUT2D eigenvalue weighted by molar-refractivity contribution is -0.826. The van der Waals surface area contributed by atoms with Crippen LogP contribution in [0.2, 0.25) is 0 Å². The summed E-state index contributed by atoms with van der Waals surface area (Å²) in [6.45, 7) is 7.28. The minimum absolute atomic E-state index is 0.667. The zero-order chi connectivity index (χ0) is 10.4. The van der Waals surface area contributed by atoms with Crippen molar-refractivity contribution in [2.75, 3.05) is 0 Å². The average Bonchev–Trinajstić information content (AvgIpc) is 2.26. The highest BCUT2D eigenvalue weighted by Crippen LogP contribution is 2.18. The number of allylic oxidation sites excluding steroid dienone is 4. The molecule has 0 unspecified atom stereocenters. The molecule has 1 heterocycles. The standard InChI is InChI=1S/C11H12N2O/c1-3-6-9(4-2)11-10(13-14)7-5-8-12-11/h3-8,13-14H,1-2H2/p+1/b9-6+. The SMILES string of the molecule is C=C/C=C(\C=C)c1ncccc1[NH2+]O. The fraction of sp³-hybridized carbons (Fsp3) is 0. The van der Waals surface area contributed by atoms with Crippen LogP contribution < -0.4 is 5.48 Å². The number of hydrogen-bond acceptors (Lipinski definition) is 2. The van der Waals surface area contributed by atoms with Gasteiger partial charge in [-0.25, -0.2) is 10.2 Å². The molecule has 0 saturated heterocycles. The van der Waals surface area contributed by atoms with Gasteiger partial charge in [-0.15, -0.1) is 0 Å². The van der Waals surface area contributed by atoms with Crippen molar-refractivity contribution in [1.82, 2.24) is 4.98 Å². The Labute approximate surface area is 83.1 Å². The molecule has 0 bridgehead atoms. The molecule has 14 heavy (non-hydrogen) atoms. The zero-order valence-electron chi connectivity index (χ0n) is 7.85. The Hall–Kier alpha value is -1.71. The number of hydrogen-bond donors (Lipinski definition) is 2. The van der Waals surface area contributed by atoms with E-state index in [1.165, 1.54) is 0 Å². The molecule has 0 aromatic carbocycles. The van der Waals surface area contributed by atoms with Gasteiger partial charge in [0.15, 0.2) is 5.69 Å². The maximum Gasteiger partial charge on any atom is 0.188 e. The van der Waals surface area contributed by atoms with E-state index in [9.17, 15) is 0 Å². The number of nitrogens with zero attached hydrogens (tertiary/aromatic N) is 1. The molecule has 3 heteroatoms. The lowest BCUT2D eigenvalue weighted by Crippen LogP contribution is -2.74. The van der Waals surface area contributed by atoms with Gasteiger partial charge in [0.2, 0.25) is 0 Å². The van der Waals surface area contributed by atoms with E-state index in [1.807, 2.05) is 0 Å². The first-order valence-corrected chi connectivity index (χ1v) is 4.21. The molecule has 0 saturated carbocycles. The van der Waals surface area contributed by atoms with Crippen molar-refractivity contribution in [2.24, 2.45) is 0 Å². The van der Waals surface area contributed by atoms with Gasteiger partial charge in [0, 0.05) is 17.8 Å². The zero-order valence-corrected chi connectivity index (χ0v) is 7.85. The van der Waals surface area contributed by atoms with E-state index in [-0.39, 0.29) is 0 Å². The van der Waals surface area contributed by atoms with Crippen LogP contribution in [0.4, 0.5) is 5.69 Å². The minimum Gasteiger partial charge on any atom is -0.250 e. The van der Waals surface area contributed by atoms with E-state index < -0.39 is 0 Å². The molecule has 0 atom stereocenters. The molecule has 0 spiro atoms. The van der Waals surface area contributed by atoms with Crippen LogP contribution in [0.1, 0.15) is 5.69 Å². The Morgan fingerprint density at radius 3 is 2.86 bits per heavy atom. The van der Waals surface area contributed by atoms with Crippen LogP contribution in [0.25, 0.3) is 5.57 Å². The summed E-state index contributed by atoms with van der Waals surface area (Å²) in [4.78, 5) is 4.16. The van der Waals surface area contributed by atoms with Gasteiger partial charge in [-0.1, -0.05) is 31.4 Å². The second-order valence-electron chi connectivity index (χ2n) is 2.63. The Bertz CT molecular complexity index is 369. The third-order valence-corrected chi connectivity index (χ3v) is 1.77. The van der Waals surface area contributed by atoms with Crippen molar-refractivity contribution in [2.45, 2.75) is 0 Å². The fourth-order valence-electron chi connectivity index (χ4n) is 1.13. The molecule has 1 aromatic rings. The molecular formula is C11H13N2O+. The number of quaternary nitrogens is 1. The molecule has 0 aliphatic rings. The maximum atomic E-state index is 8.98. The van der Waals surface area contributed by atoms with Gasteiger partial charge in [-0.05, 0) is 6.07 Å². The van der Waals surface area contributed by atoms with Gasteiger partial charge in [0.1, 0.15) is 5.69 Å². The second-order valence-corrected chi connectivity index (χ2v) is 2.63. The van der Waals surface area contributed by atoms with Crippen LogP contribution in [-0.2, 0) is 0 Å². The van der Waals surface area contributed by atoms with Crippen molar-refractivity contribution < 1.29 is 10.7 Å². The van der Waals surface area contributed by atoms with Gasteiger partial charge < -0.3 is 0 Å². The Kier molecular flexibility index (Phi) is 3.79. The quantitative estimate of drug-likeness (QED) is 0.556. The smallest absolute Gasteiger partial charge is 0.188 e. The molecule has 0 fully saturated rings. The van der Waals surface area contributed by atoms with Crippen molar-refractivity contribution in [1.29, 1.82) is 0 Å². The Balaban J connectivity index is 3.21. The van der Waals surface area contributed by atoms with Crippen molar-refractivity contribution in [3.8, 4) is 0 Å². The molecule has 3 N–H and O–H groups in total. The summed E-state index contributed by atoms with van der Waals surface area (Å²) in [5, 5.41) is 8.98. The summed E-state index contributed by atoms with van der Waals surface area (Å²) in [5.74, 6) is 0. The molecule has 1 aromatic heterocycles. The summed E-state index contributed by atoms with van der Waals surface area (Å²) >= 11 is 0. The first-order chi connectivity index (χ1) is 6.83. The largest absolute Gasteiger partial charge is 0.250 e. The van der Waals surface area contributed by atoms with Crippen LogP contribution in [0.3, 0.4) is 0 Å². The molecule has 1 rings (SSSR count). The summed E-state index contributed by atoms with van der Waals surface area (Å²) in [6.07, 6.45) is 6.80. The van der Waals surface area contributed by atoms with Crippen LogP contribution in [0.15, 0.2) is 49.7 Å². The van der Waals surface area contributed by atoms with E-state index in [0.717, 1.165) is 11.1 Å². The highest BCUT2D eigenvalue weighted by molar-refractivity contribution is 5.77. The average molecular weight is 189 g/mol. The fourth-order valence-corrected chi connectivity index (χ4v) is 1.13. The van der Waals surface area contributed by atoms with E-state index in [1.54, 1.807) is 36.6 Å². The highest BCUT2D eigenvalue weighted by atomic mass is 16.5. The lowest BCUT2D eigenvalue weighted by Gasteiger charge is -2.02. The predicted molar refractivity (Wildman–Crippen MR) is 56.0 cm³/mol. The summed E-state index contributed by atoms with van der Waals surface area (Å²) in [5.41, 5.74) is 3.23. The van der Waals surface area contributed by atoms with Crippen molar-refractivity contribution in [3.05, 3.63) is 55.4 Å². The first kappa shape index (κ1) is 10.4. The lowest BCUT2D eigenvalue weighted by atomic mass is 10.1. The van der Waals surface area contributed by atoms with Gasteiger partial charge in [0.05, 0.1) is 0 Å².